The quantitative estimate of drug-likeness (QED) is 0.668. The first kappa shape index (κ1) is 13.7. The van der Waals surface area contributed by atoms with Gasteiger partial charge in [-0.1, -0.05) is 18.7 Å². The van der Waals surface area contributed by atoms with Crippen LogP contribution in [0.2, 0.25) is 0 Å². The molecule has 0 bridgehead atoms. The average Bonchev–Trinajstić information content (AvgIpc) is 3.10. The highest BCUT2D eigenvalue weighted by molar-refractivity contribution is 5.89. The number of aromatic carboxylic acids is 1. The van der Waals surface area contributed by atoms with Crippen molar-refractivity contribution in [3.63, 3.8) is 0 Å². The molecule has 0 aliphatic carbocycles. The zero-order valence-corrected chi connectivity index (χ0v) is 11.4. The Bertz CT molecular complexity index is 977. The van der Waals surface area contributed by atoms with Crippen molar-refractivity contribution in [2.45, 2.75) is 0 Å². The van der Waals surface area contributed by atoms with Crippen LogP contribution in [0.3, 0.4) is 0 Å². The smallest absolute Gasteiger partial charge is 0.335 e. The van der Waals surface area contributed by atoms with Crippen molar-refractivity contribution in [3.05, 3.63) is 68.6 Å². The van der Waals surface area contributed by atoms with E-state index in [0.29, 0.717) is 27.7 Å². The number of carbonyl (C=O) groups is 1. The molecule has 110 valence electrons. The molecule has 1 aromatic carbocycles. The van der Waals surface area contributed by atoms with E-state index in [1.165, 1.54) is 12.1 Å². The van der Waals surface area contributed by atoms with Gasteiger partial charge >= 0.3 is 5.97 Å². The molecule has 0 aliphatic heterocycles. The third kappa shape index (κ3) is 2.49. The summed E-state index contributed by atoms with van der Waals surface area (Å²) in [4.78, 5) is 22.6. The molecule has 0 amide bonds. The second-order valence-electron chi connectivity index (χ2n) is 4.70. The van der Waals surface area contributed by atoms with Crippen LogP contribution in [0.15, 0.2) is 45.6 Å². The molecule has 2 heterocycles. The van der Waals surface area contributed by atoms with Crippen LogP contribution >= 0.6 is 0 Å². The minimum Gasteiger partial charge on any atom is -0.478 e. The summed E-state index contributed by atoms with van der Waals surface area (Å²) in [5.74, 6) is -0.00148. The van der Waals surface area contributed by atoms with Gasteiger partial charge in [0.05, 0.1) is 16.1 Å². The Hall–Kier alpha value is -3.28. The first-order valence-electron chi connectivity index (χ1n) is 6.45. The number of nitrogens with one attached hydrogen (secondary N) is 2. The van der Waals surface area contributed by atoms with Crippen LogP contribution in [0.4, 0.5) is 0 Å². The van der Waals surface area contributed by atoms with Crippen molar-refractivity contribution < 1.29 is 14.3 Å². The van der Waals surface area contributed by atoms with Gasteiger partial charge in [-0.3, -0.25) is 15.0 Å². The van der Waals surface area contributed by atoms with Crippen molar-refractivity contribution in [2.75, 3.05) is 0 Å². The fourth-order valence-corrected chi connectivity index (χ4v) is 2.09. The number of hydrogen-bond acceptors (Lipinski definition) is 3. The zero-order chi connectivity index (χ0) is 15.7. The summed E-state index contributed by atoms with van der Waals surface area (Å²) < 4.78 is 5.64. The second kappa shape index (κ2) is 5.25. The number of furan rings is 1. The van der Waals surface area contributed by atoms with Gasteiger partial charge in [-0.05, 0) is 30.3 Å². The van der Waals surface area contributed by atoms with E-state index in [1.54, 1.807) is 30.3 Å². The van der Waals surface area contributed by atoms with E-state index in [9.17, 15) is 9.59 Å². The number of benzene rings is 1. The molecular formula is C16H12N2O4. The maximum atomic E-state index is 11.6. The Kier molecular flexibility index (Phi) is 3.27. The normalized spacial score (nSPS) is 11.7. The minimum atomic E-state index is -0.999. The predicted molar refractivity (Wildman–Crippen MR) is 80.9 cm³/mol. The fraction of sp³-hybridized carbons (Fsp3) is 0. The van der Waals surface area contributed by atoms with E-state index in [4.69, 9.17) is 9.52 Å². The van der Waals surface area contributed by atoms with Crippen molar-refractivity contribution in [1.29, 1.82) is 0 Å². The summed E-state index contributed by atoms with van der Waals surface area (Å²) in [6, 6.07) is 9.86. The van der Waals surface area contributed by atoms with Crippen molar-refractivity contribution in [2.24, 2.45) is 0 Å². The lowest BCUT2D eigenvalue weighted by atomic mass is 10.1. The van der Waals surface area contributed by atoms with Crippen molar-refractivity contribution >= 4 is 18.6 Å². The fourth-order valence-electron chi connectivity index (χ4n) is 2.09. The maximum absolute atomic E-state index is 11.6. The van der Waals surface area contributed by atoms with Gasteiger partial charge in [0, 0.05) is 5.56 Å². The molecule has 0 saturated heterocycles. The summed E-state index contributed by atoms with van der Waals surface area (Å²) in [7, 11) is 0. The minimum absolute atomic E-state index is 0.182. The van der Waals surface area contributed by atoms with Gasteiger partial charge in [-0.2, -0.15) is 0 Å². The lowest BCUT2D eigenvalue weighted by molar-refractivity contribution is 0.0697. The first-order valence-corrected chi connectivity index (χ1v) is 6.45. The monoisotopic (exact) mass is 296 g/mol. The van der Waals surface area contributed by atoms with E-state index < -0.39 is 5.97 Å². The Morgan fingerprint density at radius 3 is 2.73 bits per heavy atom. The molecule has 3 N–H and O–H groups in total. The summed E-state index contributed by atoms with van der Waals surface area (Å²) in [5, 5.41) is 14.9. The number of carboxylic acid groups (broad SMARTS) is 1. The van der Waals surface area contributed by atoms with E-state index >= 15 is 0 Å². The number of aromatic amines is 2. The summed E-state index contributed by atoms with van der Waals surface area (Å²) in [6.45, 7) is 3.71. The zero-order valence-electron chi connectivity index (χ0n) is 11.4. The van der Waals surface area contributed by atoms with Crippen LogP contribution in [0, 0.1) is 0 Å². The largest absolute Gasteiger partial charge is 0.478 e. The molecule has 0 fully saturated rings. The molecule has 3 rings (SSSR count). The highest BCUT2D eigenvalue weighted by Crippen LogP contribution is 2.23. The number of aromatic nitrogens is 2. The summed E-state index contributed by atoms with van der Waals surface area (Å²) >= 11 is 0. The lowest BCUT2D eigenvalue weighted by Crippen LogP contribution is -2.32. The molecule has 0 unspecified atom stereocenters. The number of carboxylic acids is 1. The van der Waals surface area contributed by atoms with Crippen molar-refractivity contribution in [3.8, 4) is 11.3 Å². The number of H-pyrrole nitrogens is 2. The van der Waals surface area contributed by atoms with E-state index in [-0.39, 0.29) is 11.1 Å². The maximum Gasteiger partial charge on any atom is 0.335 e. The molecule has 0 aliphatic rings. The standard InChI is InChI=1S/C16H12N2O4/c1-9-13(15(19)18-17-9)8-12-5-6-14(22-12)10-3-2-4-11(7-10)16(20)21/h2-8,17H,1H2,(H,18,19)(H,20,21). The van der Waals surface area contributed by atoms with Gasteiger partial charge in [0.1, 0.15) is 11.5 Å². The third-order valence-corrected chi connectivity index (χ3v) is 3.20. The topological polar surface area (TPSA) is 99.1 Å². The van der Waals surface area contributed by atoms with E-state index in [0.717, 1.165) is 0 Å². The van der Waals surface area contributed by atoms with Crippen LogP contribution in [0.1, 0.15) is 16.1 Å². The van der Waals surface area contributed by atoms with Gasteiger partial charge in [0.15, 0.2) is 0 Å². The molecule has 0 spiro atoms. The van der Waals surface area contributed by atoms with Gasteiger partial charge in [-0.25, -0.2) is 4.79 Å². The van der Waals surface area contributed by atoms with Crippen LogP contribution in [-0.4, -0.2) is 21.3 Å². The Labute approximate surface area is 124 Å². The average molecular weight is 296 g/mol. The number of rotatable bonds is 3. The first-order chi connectivity index (χ1) is 10.5. The Morgan fingerprint density at radius 1 is 1.23 bits per heavy atom. The molecule has 0 atom stereocenters. The third-order valence-electron chi connectivity index (χ3n) is 3.20. The molecule has 3 aromatic rings. The van der Waals surface area contributed by atoms with E-state index in [1.807, 2.05) is 0 Å². The molecule has 6 nitrogen and oxygen atoms in total. The number of hydrogen-bond donors (Lipinski definition) is 3. The van der Waals surface area contributed by atoms with Crippen LogP contribution in [0.25, 0.3) is 24.0 Å². The summed E-state index contributed by atoms with van der Waals surface area (Å²) in [5.41, 5.74) is 0.551. The Morgan fingerprint density at radius 2 is 2.05 bits per heavy atom. The SMILES string of the molecule is C=c1[nH][nH]c(=O)c1=Cc1ccc(-c2cccc(C(=O)O)c2)o1. The van der Waals surface area contributed by atoms with Crippen LogP contribution in [-0.2, 0) is 0 Å². The van der Waals surface area contributed by atoms with E-state index in [2.05, 4.69) is 16.8 Å². The molecule has 2 aromatic heterocycles. The van der Waals surface area contributed by atoms with Gasteiger partial charge in [0.25, 0.3) is 5.56 Å². The highest BCUT2D eigenvalue weighted by atomic mass is 16.4. The molecule has 22 heavy (non-hydrogen) atoms. The molecule has 0 saturated carbocycles. The predicted octanol–water partition coefficient (Wildman–Crippen LogP) is 0.900. The van der Waals surface area contributed by atoms with Gasteiger partial charge in [-0.15, -0.1) is 0 Å². The molecule has 0 radical (unpaired) electrons. The van der Waals surface area contributed by atoms with Gasteiger partial charge < -0.3 is 9.52 Å². The Balaban J connectivity index is 2.03. The van der Waals surface area contributed by atoms with Crippen molar-refractivity contribution in [1.82, 2.24) is 10.2 Å². The highest BCUT2D eigenvalue weighted by Gasteiger charge is 2.08. The van der Waals surface area contributed by atoms with Crippen LogP contribution < -0.4 is 16.1 Å². The second-order valence-corrected chi connectivity index (χ2v) is 4.70. The molecular weight excluding hydrogens is 284 g/mol. The van der Waals surface area contributed by atoms with Gasteiger partial charge in [0.2, 0.25) is 0 Å². The summed E-state index contributed by atoms with van der Waals surface area (Å²) in [6.07, 6.45) is 1.57. The lowest BCUT2D eigenvalue weighted by Gasteiger charge is -1.98. The van der Waals surface area contributed by atoms with Crippen LogP contribution in [0.5, 0.6) is 0 Å². The molecule has 6 heteroatoms.